The second-order valence-corrected chi connectivity index (χ2v) is 21.8. The minimum absolute atomic E-state index is 0.0436. The molecule has 0 aromatic heterocycles. The summed E-state index contributed by atoms with van der Waals surface area (Å²) in [6.45, 7) is 10.6. The Bertz CT molecular complexity index is 3000. The van der Waals surface area contributed by atoms with E-state index in [0.717, 1.165) is 24.0 Å². The second kappa shape index (κ2) is 36.3. The summed E-state index contributed by atoms with van der Waals surface area (Å²) in [5, 5.41) is 45.8. The molecule has 0 aliphatic rings. The lowest BCUT2D eigenvalue weighted by molar-refractivity contribution is -0.767. The molecule has 0 spiro atoms. The van der Waals surface area contributed by atoms with E-state index in [9.17, 15) is 49.9 Å². The van der Waals surface area contributed by atoms with Gasteiger partial charge < -0.3 is 67.7 Å². The lowest BCUT2D eigenvalue weighted by Crippen LogP contribution is -2.47. The molecule has 28 nitrogen and oxygen atoms in total. The highest BCUT2D eigenvalue weighted by Crippen LogP contribution is 2.42. The van der Waals surface area contributed by atoms with E-state index in [-0.39, 0.29) is 35.1 Å². The van der Waals surface area contributed by atoms with Crippen molar-refractivity contribution < 1.29 is 86.4 Å². The fourth-order valence-corrected chi connectivity index (χ4v) is 10.3. The molecule has 0 saturated carbocycles. The summed E-state index contributed by atoms with van der Waals surface area (Å²) >= 11 is 0. The molecule has 92 heavy (non-hydrogen) atoms. The summed E-state index contributed by atoms with van der Waals surface area (Å²) in [6, 6.07) is 25.1. The van der Waals surface area contributed by atoms with Crippen LogP contribution in [0.25, 0.3) is 0 Å². The van der Waals surface area contributed by atoms with E-state index in [2.05, 4.69) is 42.2 Å². The predicted molar refractivity (Wildman–Crippen MR) is 332 cm³/mol. The number of hydrogen-bond acceptors (Lipinski definition) is 24. The molecule has 4 rings (SSSR count). The Morgan fingerprint density at radius 3 is 1.14 bits per heavy atom. The fraction of sp³-hybridized carbons (Fsp3) is 0.531. The summed E-state index contributed by atoms with van der Waals surface area (Å²) in [6.07, 6.45) is -2.04. The Hall–Kier alpha value is -9.54. The predicted octanol–water partition coefficient (Wildman–Crippen LogP) is 8.43. The van der Waals surface area contributed by atoms with Crippen molar-refractivity contribution >= 4 is 23.8 Å². The highest BCUT2D eigenvalue weighted by molar-refractivity contribution is 6.30. The number of benzene rings is 4. The van der Waals surface area contributed by atoms with Crippen LogP contribution in [0.15, 0.2) is 72.8 Å². The van der Waals surface area contributed by atoms with Gasteiger partial charge in [-0.3, -0.25) is 19.4 Å². The molecule has 0 heterocycles. The fourth-order valence-electron chi connectivity index (χ4n) is 10.3. The van der Waals surface area contributed by atoms with E-state index in [0.29, 0.717) is 85.7 Å². The number of nitrogens with zero attached hydrogens (tertiary/aromatic N) is 6. The van der Waals surface area contributed by atoms with Gasteiger partial charge in [0.1, 0.15) is 12.2 Å². The molecule has 2 N–H and O–H groups in total. The number of methoxy groups -OCH3 is 6. The first-order valence-corrected chi connectivity index (χ1v) is 29.8. The van der Waals surface area contributed by atoms with Gasteiger partial charge in [-0.2, -0.15) is 10.5 Å². The van der Waals surface area contributed by atoms with E-state index < -0.39 is 82.6 Å². The maximum absolute atomic E-state index is 13.8. The molecule has 0 radical (unpaired) electrons. The molecule has 0 fully saturated rings. The number of amides is 2. The van der Waals surface area contributed by atoms with Crippen molar-refractivity contribution in [3.63, 3.8) is 0 Å². The topological polar surface area (TPSA) is 343 Å². The first kappa shape index (κ1) is 74.9. The van der Waals surface area contributed by atoms with Gasteiger partial charge in [-0.15, -0.1) is 20.2 Å². The minimum Gasteiger partial charge on any atom is -0.493 e. The standard InChI is InChI=1S/C64H86N8O20/c1-15-27-63(39-65,47-21-25-49(81-9)55(35-47)85-13)29-17-31-69(7)43(5)45-19-23-51(53(33-45)83-11)87-61(57(73)67-37-41(3)91-71(77)78)89-59(75)60(76)90-62(58(74)68-38-42(4)92-72(79)80)88-52-24-20-46(34-54(52)84-12)44(6)70(8)32-18-30-64(40-66,28-16-2)48-22-26-50(82-10)56(36-48)86-14/h19-26,33-36,41-44,61-62H,15-18,27-32,37-38H2,1-14H3,(H,67,73)(H,68,74)/t41-,42-,43?,44?,61?,62?,63?,64?/m1/s1. The number of carbonyl (C=O) groups excluding carboxylic acids is 4. The summed E-state index contributed by atoms with van der Waals surface area (Å²) in [4.78, 5) is 90.4. The molecular weight excluding hydrogens is 1200 g/mol. The van der Waals surface area contributed by atoms with Crippen LogP contribution in [0.2, 0.25) is 0 Å². The second-order valence-electron chi connectivity index (χ2n) is 21.8. The number of carbonyl (C=O) groups is 4. The van der Waals surface area contributed by atoms with E-state index in [4.69, 9.17) is 47.4 Å². The first-order valence-electron chi connectivity index (χ1n) is 29.8. The lowest BCUT2D eigenvalue weighted by Gasteiger charge is -2.30. The summed E-state index contributed by atoms with van der Waals surface area (Å²) in [5.74, 6) is -4.37. The minimum atomic E-state index is -2.34. The highest BCUT2D eigenvalue weighted by atomic mass is 17.0. The number of nitriles is 2. The third-order valence-electron chi connectivity index (χ3n) is 15.7. The maximum Gasteiger partial charge on any atom is 0.421 e. The Morgan fingerprint density at radius 2 is 0.837 bits per heavy atom. The van der Waals surface area contributed by atoms with E-state index in [1.807, 2.05) is 66.1 Å². The van der Waals surface area contributed by atoms with Gasteiger partial charge in [0, 0.05) is 25.2 Å². The largest absolute Gasteiger partial charge is 0.493 e. The van der Waals surface area contributed by atoms with Gasteiger partial charge >= 0.3 is 36.3 Å². The third kappa shape index (κ3) is 20.8. The van der Waals surface area contributed by atoms with Crippen LogP contribution >= 0.6 is 0 Å². The first-order chi connectivity index (χ1) is 43.8. The molecule has 28 heteroatoms. The average molecular weight is 1290 g/mol. The molecule has 6 unspecified atom stereocenters. The third-order valence-corrected chi connectivity index (χ3v) is 15.7. The molecule has 0 saturated heterocycles. The van der Waals surface area contributed by atoms with Gasteiger partial charge in [0.05, 0.1) is 65.6 Å². The summed E-state index contributed by atoms with van der Waals surface area (Å²) < 4.78 is 55.7. The molecule has 2 amide bonds. The number of rotatable bonds is 40. The van der Waals surface area contributed by atoms with Crippen molar-refractivity contribution in [2.45, 2.75) is 141 Å². The molecule has 8 atom stereocenters. The van der Waals surface area contributed by atoms with Crippen LogP contribution in [0.1, 0.15) is 127 Å². The number of ether oxygens (including phenoxy) is 10. The molecule has 0 aliphatic heterocycles. The van der Waals surface area contributed by atoms with Gasteiger partial charge in [-0.1, -0.05) is 51.0 Å². The highest BCUT2D eigenvalue weighted by Gasteiger charge is 2.37. The van der Waals surface area contributed by atoms with Gasteiger partial charge in [0.15, 0.2) is 46.0 Å². The molecule has 4 aromatic rings. The van der Waals surface area contributed by atoms with Crippen LogP contribution in [0, 0.1) is 42.9 Å². The Balaban J connectivity index is 1.57. The van der Waals surface area contributed by atoms with Crippen molar-refractivity contribution in [1.29, 1.82) is 10.5 Å². The maximum atomic E-state index is 13.8. The van der Waals surface area contributed by atoms with Crippen molar-refractivity contribution in [2.75, 3.05) is 82.9 Å². The van der Waals surface area contributed by atoms with Crippen molar-refractivity contribution in [2.24, 2.45) is 0 Å². The number of hydrogen-bond donors (Lipinski definition) is 2. The van der Waals surface area contributed by atoms with Gasteiger partial charge in [-0.05, 0) is 164 Å². The zero-order valence-electron chi connectivity index (χ0n) is 54.7. The zero-order chi connectivity index (χ0) is 68.3. The van der Waals surface area contributed by atoms with Crippen LogP contribution in [-0.4, -0.2) is 151 Å². The van der Waals surface area contributed by atoms with Crippen molar-refractivity contribution in [3.05, 3.63) is 115 Å². The number of nitrogens with one attached hydrogen (secondary N) is 2. The monoisotopic (exact) mass is 1290 g/mol. The Kier molecular flexibility index (Phi) is 29.6. The zero-order valence-corrected chi connectivity index (χ0v) is 54.7. The SMILES string of the molecule is CCCC(C#N)(CCCN(C)C(C)c1ccc(OC(OC(=O)C(=O)OC(Oc2ccc(C(C)N(C)CCCC(C#N)(CCC)c3ccc(OC)c(OC)c3)cc2OC)C(=O)NC[C@@H](C)O[N+](=O)[O-])C(=O)NC[C@@H](C)O[N+](=O)[O-])c(OC)c1)c1ccc(OC)c(OC)c1. The van der Waals surface area contributed by atoms with Crippen LogP contribution in [-0.2, 0) is 49.2 Å². The van der Waals surface area contributed by atoms with Crippen molar-refractivity contribution in [3.8, 4) is 58.1 Å². The van der Waals surface area contributed by atoms with Gasteiger partial charge in [-0.25, -0.2) is 9.59 Å². The molecule has 502 valence electrons. The van der Waals surface area contributed by atoms with Crippen LogP contribution in [0.4, 0.5) is 0 Å². The smallest absolute Gasteiger partial charge is 0.421 e. The van der Waals surface area contributed by atoms with Crippen molar-refractivity contribution in [1.82, 2.24) is 20.4 Å². The molecule has 0 aliphatic carbocycles. The summed E-state index contributed by atoms with van der Waals surface area (Å²) in [5.41, 5.74) is 1.46. The normalized spacial score (nSPS) is 14.3. The Labute approximate surface area is 536 Å². The van der Waals surface area contributed by atoms with E-state index in [1.54, 1.807) is 64.8 Å². The van der Waals surface area contributed by atoms with Gasteiger partial charge in [0.25, 0.3) is 10.2 Å². The Morgan fingerprint density at radius 1 is 0.511 bits per heavy atom. The van der Waals surface area contributed by atoms with Crippen LogP contribution in [0.3, 0.4) is 0 Å². The summed E-state index contributed by atoms with van der Waals surface area (Å²) in [7, 11) is 12.6. The molecule has 4 aromatic carbocycles. The average Bonchev–Trinajstić information content (AvgIpc) is 0.849. The van der Waals surface area contributed by atoms with Crippen LogP contribution < -0.4 is 48.5 Å². The van der Waals surface area contributed by atoms with Crippen LogP contribution in [0.5, 0.6) is 46.0 Å². The number of esters is 2. The lowest BCUT2D eigenvalue weighted by atomic mass is 9.74. The molecule has 0 bridgehead atoms. The van der Waals surface area contributed by atoms with E-state index in [1.165, 1.54) is 40.2 Å². The molecular formula is C64H86N8O20. The van der Waals surface area contributed by atoms with E-state index >= 15 is 0 Å². The quantitative estimate of drug-likeness (QED) is 0.0139. The van der Waals surface area contributed by atoms with Gasteiger partial charge in [0.2, 0.25) is 0 Å².